The van der Waals surface area contributed by atoms with Crippen molar-refractivity contribution >= 4 is 46.0 Å². The minimum Gasteiger partial charge on any atom is -0.497 e. The molecule has 1 fully saturated rings. The van der Waals surface area contributed by atoms with Crippen LogP contribution in [0, 0.1) is 0 Å². The molecule has 5 aromatic rings. The number of carbonyl (C=O) groups is 3. The number of para-hydroxylation sites is 1. The predicted octanol–water partition coefficient (Wildman–Crippen LogP) is 6.24. The van der Waals surface area contributed by atoms with Crippen molar-refractivity contribution < 1.29 is 19.1 Å². The summed E-state index contributed by atoms with van der Waals surface area (Å²) in [4.78, 5) is 47.3. The maximum absolute atomic E-state index is 14.1. The molecule has 1 aromatic heterocycles. The van der Waals surface area contributed by atoms with Gasteiger partial charge in [0.2, 0.25) is 0 Å². The van der Waals surface area contributed by atoms with Gasteiger partial charge in [0.25, 0.3) is 11.8 Å². The maximum atomic E-state index is 14.1. The Bertz CT molecular complexity index is 1880. The minimum atomic E-state index is -0.676. The third-order valence-corrected chi connectivity index (χ3v) is 8.63. The molecule has 2 atom stereocenters. The molecule has 43 heavy (non-hydrogen) atoms. The summed E-state index contributed by atoms with van der Waals surface area (Å²) in [5.41, 5.74) is 5.39. The third kappa shape index (κ3) is 4.51. The Morgan fingerprint density at radius 1 is 0.953 bits per heavy atom. The van der Waals surface area contributed by atoms with E-state index in [1.165, 1.54) is 4.90 Å². The lowest BCUT2D eigenvalue weighted by Crippen LogP contribution is -2.44. The largest absolute Gasteiger partial charge is 0.497 e. The number of ether oxygens (including phenoxy) is 1. The van der Waals surface area contributed by atoms with Gasteiger partial charge < -0.3 is 15.0 Å². The van der Waals surface area contributed by atoms with Crippen LogP contribution in [-0.2, 0) is 17.8 Å². The average molecular weight is 591 g/mol. The van der Waals surface area contributed by atoms with Gasteiger partial charge >= 0.3 is 6.03 Å². The van der Waals surface area contributed by atoms with E-state index in [2.05, 4.69) is 10.3 Å². The summed E-state index contributed by atoms with van der Waals surface area (Å²) in [7, 11) is 1.61. The molecule has 0 aliphatic carbocycles. The Morgan fingerprint density at radius 2 is 1.67 bits per heavy atom. The molecule has 1 saturated heterocycles. The van der Waals surface area contributed by atoms with Gasteiger partial charge in [0.1, 0.15) is 17.8 Å². The number of H-pyrrole nitrogens is 1. The maximum Gasteiger partial charge on any atom is 0.332 e. The fraction of sp³-hybridized carbons (Fsp3) is 0.147. The smallest absolute Gasteiger partial charge is 0.332 e. The number of anilines is 1. The molecule has 4 aromatic carbocycles. The van der Waals surface area contributed by atoms with Crippen LogP contribution in [0.5, 0.6) is 5.75 Å². The summed E-state index contributed by atoms with van der Waals surface area (Å²) < 4.78 is 5.36. The summed E-state index contributed by atoms with van der Waals surface area (Å²) in [5.74, 6) is 0.123. The lowest BCUT2D eigenvalue weighted by molar-refractivity contribution is -0.120. The minimum absolute atomic E-state index is 0.279. The summed E-state index contributed by atoms with van der Waals surface area (Å²) in [6, 6.07) is 27.8. The number of urea groups is 1. The van der Waals surface area contributed by atoms with Crippen LogP contribution in [0.3, 0.4) is 0 Å². The number of hydrogen-bond acceptors (Lipinski definition) is 4. The zero-order chi connectivity index (χ0) is 29.7. The highest BCUT2D eigenvalue weighted by Gasteiger charge is 2.53. The highest BCUT2D eigenvalue weighted by molar-refractivity contribution is 6.31. The molecule has 4 amide bonds. The number of methoxy groups -OCH3 is 1. The van der Waals surface area contributed by atoms with Crippen LogP contribution in [0.15, 0.2) is 97.1 Å². The molecule has 0 saturated carbocycles. The number of benzene rings is 4. The number of imide groups is 1. The number of aromatic nitrogens is 1. The normalized spacial score (nSPS) is 17.6. The van der Waals surface area contributed by atoms with Crippen LogP contribution in [0.4, 0.5) is 10.5 Å². The van der Waals surface area contributed by atoms with Gasteiger partial charge in [-0.1, -0.05) is 60.1 Å². The number of fused-ring (bicyclic) bond motifs is 4. The van der Waals surface area contributed by atoms with Gasteiger partial charge in [0.15, 0.2) is 0 Å². The Balaban J connectivity index is 1.19. The van der Waals surface area contributed by atoms with E-state index in [9.17, 15) is 14.4 Å². The van der Waals surface area contributed by atoms with Crippen LogP contribution in [0.1, 0.15) is 38.8 Å². The summed E-state index contributed by atoms with van der Waals surface area (Å²) in [6.45, 7) is 0.279. The van der Waals surface area contributed by atoms with E-state index in [4.69, 9.17) is 16.3 Å². The van der Waals surface area contributed by atoms with Gasteiger partial charge in [0, 0.05) is 40.1 Å². The molecular formula is C34H27ClN4O4. The predicted molar refractivity (Wildman–Crippen MR) is 164 cm³/mol. The van der Waals surface area contributed by atoms with E-state index >= 15 is 0 Å². The molecule has 0 radical (unpaired) electrons. The number of rotatable bonds is 6. The van der Waals surface area contributed by atoms with Crippen molar-refractivity contribution in [2.24, 2.45) is 0 Å². The van der Waals surface area contributed by atoms with Crippen LogP contribution in [0.2, 0.25) is 5.02 Å². The Kier molecular flexibility index (Phi) is 6.63. The average Bonchev–Trinajstić information content (AvgIpc) is 3.53. The molecule has 7 rings (SSSR count). The van der Waals surface area contributed by atoms with Crippen molar-refractivity contribution in [3.8, 4) is 5.75 Å². The van der Waals surface area contributed by atoms with Crippen LogP contribution >= 0.6 is 11.6 Å². The van der Waals surface area contributed by atoms with Crippen molar-refractivity contribution in [3.05, 3.63) is 130 Å². The molecule has 8 nitrogen and oxygen atoms in total. The first-order valence-corrected chi connectivity index (χ1v) is 14.3. The lowest BCUT2D eigenvalue weighted by Gasteiger charge is -2.36. The summed E-state index contributed by atoms with van der Waals surface area (Å²) in [5, 5.41) is 4.49. The molecule has 2 aliphatic heterocycles. The molecular weight excluding hydrogens is 564 g/mol. The second-order valence-corrected chi connectivity index (χ2v) is 11.1. The number of nitrogens with zero attached hydrogens (tertiary/aromatic N) is 2. The van der Waals surface area contributed by atoms with Gasteiger partial charge in [-0.25, -0.2) is 9.69 Å². The number of carbonyl (C=O) groups excluding carboxylic acids is 3. The fourth-order valence-electron chi connectivity index (χ4n) is 6.13. The SMILES string of the molecule is COc1ccc([C@H]2c3[nH]c4ccccc4c3C[C@H]3C(=O)N(c4ccc(C(=O)NCc5ccccc5Cl)cc4)C(=O)N23)cc1. The molecule has 3 heterocycles. The van der Waals surface area contributed by atoms with Crippen LogP contribution in [0.25, 0.3) is 10.9 Å². The number of amides is 4. The standard InChI is InChI=1S/C34H27ClN4O4/c1-43-24-16-12-20(13-17-24)31-30-26(25-7-3-5-9-28(25)37-30)18-29-33(41)38(34(42)39(29)31)23-14-10-21(11-15-23)32(40)36-19-22-6-2-4-8-27(22)35/h2-17,29,31,37H,18-19H2,1H3,(H,36,40)/t29-,31-/m0/s1. The first kappa shape index (κ1) is 26.8. The van der Waals surface area contributed by atoms with E-state index in [0.717, 1.165) is 33.3 Å². The molecule has 9 heteroatoms. The molecule has 0 spiro atoms. The Morgan fingerprint density at radius 3 is 2.42 bits per heavy atom. The number of aromatic amines is 1. The van der Waals surface area contributed by atoms with Crippen LogP contribution in [-0.4, -0.2) is 40.9 Å². The highest BCUT2D eigenvalue weighted by Crippen LogP contribution is 2.45. The second kappa shape index (κ2) is 10.6. The second-order valence-electron chi connectivity index (χ2n) is 10.6. The molecule has 2 aliphatic rings. The number of hydrogen-bond donors (Lipinski definition) is 2. The van der Waals surface area contributed by atoms with Crippen molar-refractivity contribution in [2.75, 3.05) is 12.0 Å². The van der Waals surface area contributed by atoms with Gasteiger partial charge in [-0.05, 0) is 65.2 Å². The van der Waals surface area contributed by atoms with Crippen molar-refractivity contribution in [2.45, 2.75) is 25.0 Å². The molecule has 0 bridgehead atoms. The quantitative estimate of drug-likeness (QED) is 0.229. The number of nitrogens with one attached hydrogen (secondary N) is 2. The van der Waals surface area contributed by atoms with Crippen molar-refractivity contribution in [1.29, 1.82) is 0 Å². The molecule has 214 valence electrons. The van der Waals surface area contributed by atoms with Gasteiger partial charge in [-0.2, -0.15) is 0 Å². The van der Waals surface area contributed by atoms with Crippen molar-refractivity contribution in [3.63, 3.8) is 0 Å². The summed E-state index contributed by atoms with van der Waals surface area (Å²) >= 11 is 6.21. The molecule has 2 N–H and O–H groups in total. The van der Waals surface area contributed by atoms with Gasteiger partial charge in [-0.3, -0.25) is 14.5 Å². The zero-order valence-electron chi connectivity index (χ0n) is 23.2. The first-order chi connectivity index (χ1) is 20.9. The summed E-state index contributed by atoms with van der Waals surface area (Å²) in [6.07, 6.45) is 0.398. The highest BCUT2D eigenvalue weighted by atomic mass is 35.5. The fourth-order valence-corrected chi connectivity index (χ4v) is 6.33. The van der Waals surface area contributed by atoms with E-state index in [-0.39, 0.29) is 18.4 Å². The molecule has 0 unspecified atom stereocenters. The Labute approximate surface area is 252 Å². The third-order valence-electron chi connectivity index (χ3n) is 8.27. The van der Waals surface area contributed by atoms with Gasteiger partial charge in [-0.15, -0.1) is 0 Å². The lowest BCUT2D eigenvalue weighted by atomic mass is 9.89. The van der Waals surface area contributed by atoms with Gasteiger partial charge in [0.05, 0.1) is 12.8 Å². The van der Waals surface area contributed by atoms with E-state index in [1.54, 1.807) is 42.3 Å². The monoisotopic (exact) mass is 590 g/mol. The van der Waals surface area contributed by atoms with E-state index in [0.29, 0.717) is 28.4 Å². The van der Waals surface area contributed by atoms with Crippen molar-refractivity contribution in [1.82, 2.24) is 15.2 Å². The zero-order valence-corrected chi connectivity index (χ0v) is 24.0. The number of halogens is 1. The van der Waals surface area contributed by atoms with E-state index in [1.807, 2.05) is 66.7 Å². The first-order valence-electron chi connectivity index (χ1n) is 14.0. The van der Waals surface area contributed by atoms with Crippen LogP contribution < -0.4 is 15.0 Å². The topological polar surface area (TPSA) is 94.7 Å². The van der Waals surface area contributed by atoms with E-state index < -0.39 is 18.1 Å². The Hall–Kier alpha value is -5.08.